The molecular formula is C32H76O8Ti2. The summed E-state index contributed by atoms with van der Waals surface area (Å²) in [5.41, 5.74) is 0. The van der Waals surface area contributed by atoms with Gasteiger partial charge >= 0.3 is 21.7 Å². The first-order valence-electron chi connectivity index (χ1n) is 14.9. The Balaban J connectivity index is -0.0000000346. The van der Waals surface area contributed by atoms with Crippen molar-refractivity contribution in [3.63, 3.8) is 0 Å². The quantitative estimate of drug-likeness (QED) is 0.283. The van der Waals surface area contributed by atoms with Crippen molar-refractivity contribution in [1.82, 2.24) is 0 Å². The molecule has 0 spiro atoms. The summed E-state index contributed by atoms with van der Waals surface area (Å²) in [6.45, 7) is 32.5. The van der Waals surface area contributed by atoms with Gasteiger partial charge in [0.1, 0.15) is 0 Å². The Kier molecular flexibility index (Phi) is 108. The molecule has 4 N–H and O–H groups in total. The van der Waals surface area contributed by atoms with Gasteiger partial charge < -0.3 is 40.9 Å². The van der Waals surface area contributed by atoms with Crippen molar-refractivity contribution in [2.45, 2.75) is 111 Å². The van der Waals surface area contributed by atoms with E-state index in [2.05, 4.69) is 0 Å². The SMILES string of the molecule is CC(C)CO.CC(C)CO.CC(C)CO.CC(C)CO.CC(C)C[O-].CC(C)C[O-].CC(C)C[O-].CC(C)C[O-].[Ti+4].[Ti]. The van der Waals surface area contributed by atoms with Crippen LogP contribution in [0.2, 0.25) is 0 Å². The van der Waals surface area contributed by atoms with Crippen molar-refractivity contribution in [1.29, 1.82) is 0 Å². The topological polar surface area (TPSA) is 173 Å². The molecule has 0 aliphatic heterocycles. The molecule has 0 amide bonds. The minimum atomic E-state index is 0. The van der Waals surface area contributed by atoms with E-state index in [4.69, 9.17) is 20.4 Å². The summed E-state index contributed by atoms with van der Waals surface area (Å²) in [4.78, 5) is 0. The van der Waals surface area contributed by atoms with Gasteiger partial charge in [0.05, 0.1) is 0 Å². The standard InChI is InChI=1S/4C4H10O.4C4H9O.2Ti/c8*1-4(2)3-5;;/h4*4-5H,3H2,1-2H3;4*4H,3H2,1-2H3;;/q;;;;4*-1;;+4. The maximum Gasteiger partial charge on any atom is 4.00 e. The zero-order chi connectivity index (χ0) is 34.3. The summed E-state index contributed by atoms with van der Waals surface area (Å²) >= 11 is 0. The van der Waals surface area contributed by atoms with Gasteiger partial charge in [0.15, 0.2) is 0 Å². The predicted molar refractivity (Wildman–Crippen MR) is 167 cm³/mol. The fourth-order valence-corrected chi connectivity index (χ4v) is 0. The largest absolute Gasteiger partial charge is 4.00 e. The van der Waals surface area contributed by atoms with E-state index >= 15 is 0 Å². The van der Waals surface area contributed by atoms with Crippen LogP contribution in [0, 0.1) is 47.3 Å². The molecule has 0 aromatic carbocycles. The third-order valence-electron chi connectivity index (χ3n) is 2.79. The van der Waals surface area contributed by atoms with Crippen molar-refractivity contribution in [3.05, 3.63) is 0 Å². The van der Waals surface area contributed by atoms with E-state index in [1.807, 2.05) is 111 Å². The summed E-state index contributed by atoms with van der Waals surface area (Å²) < 4.78 is 0. The van der Waals surface area contributed by atoms with Crippen molar-refractivity contribution in [3.8, 4) is 0 Å². The third kappa shape index (κ3) is 226. The van der Waals surface area contributed by atoms with E-state index in [-0.39, 0.29) is 69.9 Å². The van der Waals surface area contributed by atoms with Crippen molar-refractivity contribution in [2.75, 3.05) is 52.9 Å². The summed E-state index contributed by atoms with van der Waals surface area (Å²) in [6, 6.07) is 0. The van der Waals surface area contributed by atoms with E-state index in [0.29, 0.717) is 73.8 Å². The molecule has 260 valence electrons. The predicted octanol–water partition coefficient (Wildman–Crippen LogP) is 2.54. The number of aliphatic hydroxyl groups excluding tert-OH is 4. The van der Waals surface area contributed by atoms with Crippen LogP contribution in [0.5, 0.6) is 0 Å². The molecule has 0 aliphatic rings. The van der Waals surface area contributed by atoms with Crippen molar-refractivity contribution in [2.24, 2.45) is 47.3 Å². The minimum absolute atomic E-state index is 0. The maximum absolute atomic E-state index is 9.63. The molecule has 0 aromatic heterocycles. The number of rotatable bonds is 8. The van der Waals surface area contributed by atoms with E-state index in [1.165, 1.54) is 0 Å². The van der Waals surface area contributed by atoms with Crippen LogP contribution in [0.25, 0.3) is 0 Å². The van der Waals surface area contributed by atoms with Gasteiger partial charge in [0.2, 0.25) is 0 Å². The van der Waals surface area contributed by atoms with Gasteiger partial charge in [-0.2, -0.15) is 0 Å². The summed E-state index contributed by atoms with van der Waals surface area (Å²) in [6.07, 6.45) is 0. The first-order valence-corrected chi connectivity index (χ1v) is 14.9. The molecule has 0 saturated heterocycles. The molecule has 0 atom stereocenters. The molecule has 42 heavy (non-hydrogen) atoms. The van der Waals surface area contributed by atoms with Gasteiger partial charge in [-0.25, -0.2) is 0 Å². The number of hydrogen-bond donors (Lipinski definition) is 4. The number of aliphatic hydroxyl groups is 4. The Morgan fingerprint density at radius 1 is 0.310 bits per heavy atom. The Morgan fingerprint density at radius 2 is 0.357 bits per heavy atom. The van der Waals surface area contributed by atoms with E-state index < -0.39 is 0 Å². The second-order valence-electron chi connectivity index (χ2n) is 12.5. The maximum atomic E-state index is 9.63. The average Bonchev–Trinajstić information content (AvgIpc) is 2.90. The molecule has 0 rings (SSSR count). The Morgan fingerprint density at radius 3 is 0.357 bits per heavy atom. The Labute approximate surface area is 293 Å². The molecule has 0 unspecified atom stereocenters. The first-order chi connectivity index (χ1) is 18.2. The molecule has 0 aliphatic carbocycles. The molecular weight excluding hydrogens is 608 g/mol. The van der Waals surface area contributed by atoms with Crippen LogP contribution in [0.1, 0.15) is 111 Å². The van der Waals surface area contributed by atoms with Gasteiger partial charge in [0, 0.05) is 48.1 Å². The molecule has 8 nitrogen and oxygen atoms in total. The van der Waals surface area contributed by atoms with E-state index in [9.17, 15) is 20.4 Å². The van der Waals surface area contributed by atoms with Crippen LogP contribution in [-0.2, 0) is 43.4 Å². The molecule has 0 bridgehead atoms. The summed E-state index contributed by atoms with van der Waals surface area (Å²) in [5.74, 6) is 3.07. The average molecular weight is 685 g/mol. The van der Waals surface area contributed by atoms with Crippen LogP contribution in [0.4, 0.5) is 0 Å². The minimum Gasteiger partial charge on any atom is -0.854 e. The van der Waals surface area contributed by atoms with Crippen LogP contribution in [0.15, 0.2) is 0 Å². The molecule has 10 heteroatoms. The van der Waals surface area contributed by atoms with Gasteiger partial charge in [-0.05, 0) is 23.7 Å². The fraction of sp³-hybridized carbons (Fsp3) is 1.00. The first kappa shape index (κ1) is 69.7. The van der Waals surface area contributed by atoms with Crippen molar-refractivity contribution < 1.29 is 84.3 Å². The van der Waals surface area contributed by atoms with E-state index in [0.717, 1.165) is 0 Å². The fourth-order valence-electron chi connectivity index (χ4n) is 0. The molecule has 0 saturated carbocycles. The Hall–Kier alpha value is 1.11. The molecule has 0 heterocycles. The number of hydrogen-bond acceptors (Lipinski definition) is 8. The molecule has 0 fully saturated rings. The zero-order valence-electron chi connectivity index (χ0n) is 30.7. The van der Waals surface area contributed by atoms with Crippen LogP contribution in [0.3, 0.4) is 0 Å². The summed E-state index contributed by atoms with van der Waals surface area (Å²) in [5, 5.41) is 71.1. The van der Waals surface area contributed by atoms with Crippen LogP contribution in [-0.4, -0.2) is 73.3 Å². The van der Waals surface area contributed by atoms with Crippen molar-refractivity contribution >= 4 is 0 Å². The smallest absolute Gasteiger partial charge is 0.854 e. The monoisotopic (exact) mass is 684 g/mol. The van der Waals surface area contributed by atoms with Gasteiger partial charge in [0.25, 0.3) is 0 Å². The van der Waals surface area contributed by atoms with Crippen LogP contribution >= 0.6 is 0 Å². The summed E-state index contributed by atoms with van der Waals surface area (Å²) in [7, 11) is 0. The third-order valence-corrected chi connectivity index (χ3v) is 2.79. The molecule has 0 radical (unpaired) electrons. The van der Waals surface area contributed by atoms with Gasteiger partial charge in [-0.3, -0.25) is 0 Å². The Bertz CT molecular complexity index is 248. The second kappa shape index (κ2) is 64.9. The molecule has 0 aromatic rings. The normalized spacial score (nSPS) is 9.14. The van der Waals surface area contributed by atoms with E-state index in [1.54, 1.807) is 0 Å². The second-order valence-corrected chi connectivity index (χ2v) is 12.5. The zero-order valence-corrected chi connectivity index (χ0v) is 33.8. The van der Waals surface area contributed by atoms with Crippen LogP contribution < -0.4 is 20.4 Å². The van der Waals surface area contributed by atoms with Gasteiger partial charge in [-0.1, -0.05) is 134 Å². The van der Waals surface area contributed by atoms with Gasteiger partial charge in [-0.15, -0.1) is 26.4 Å².